The highest BCUT2D eigenvalue weighted by molar-refractivity contribution is 7.15. The SMILES string of the molecule is CC/C=C\C(C)(C)c1cnc(N(C)c2ccc(C(=O)O)cc2)s1. The predicted molar refractivity (Wildman–Crippen MR) is 96.0 cm³/mol. The van der Waals surface area contributed by atoms with Gasteiger partial charge in [0.25, 0.3) is 0 Å². The number of carbonyl (C=O) groups is 1. The van der Waals surface area contributed by atoms with Crippen LogP contribution < -0.4 is 4.90 Å². The summed E-state index contributed by atoms with van der Waals surface area (Å²) in [5, 5.41) is 9.85. The molecule has 2 aromatic rings. The summed E-state index contributed by atoms with van der Waals surface area (Å²) < 4.78 is 0. The number of rotatable bonds is 6. The molecule has 0 aliphatic rings. The number of anilines is 2. The molecule has 0 bridgehead atoms. The van der Waals surface area contributed by atoms with Gasteiger partial charge in [0, 0.05) is 29.2 Å². The zero-order chi connectivity index (χ0) is 17.0. The summed E-state index contributed by atoms with van der Waals surface area (Å²) in [5.74, 6) is -0.916. The van der Waals surface area contributed by atoms with E-state index in [-0.39, 0.29) is 11.0 Å². The first-order chi connectivity index (χ1) is 10.8. The molecule has 5 heteroatoms. The second kappa shape index (κ2) is 6.96. The normalized spacial score (nSPS) is 11.8. The molecule has 4 nitrogen and oxygen atoms in total. The van der Waals surface area contributed by atoms with Crippen molar-refractivity contribution in [1.29, 1.82) is 0 Å². The predicted octanol–water partition coefficient (Wildman–Crippen LogP) is 4.85. The third kappa shape index (κ3) is 3.99. The minimum absolute atomic E-state index is 0.0417. The lowest BCUT2D eigenvalue weighted by Crippen LogP contribution is -2.11. The molecule has 0 saturated carbocycles. The van der Waals surface area contributed by atoms with Gasteiger partial charge < -0.3 is 10.0 Å². The van der Waals surface area contributed by atoms with Crippen LogP contribution in [0.4, 0.5) is 10.8 Å². The molecule has 23 heavy (non-hydrogen) atoms. The van der Waals surface area contributed by atoms with E-state index in [9.17, 15) is 4.79 Å². The first-order valence-electron chi connectivity index (χ1n) is 7.56. The highest BCUT2D eigenvalue weighted by Gasteiger charge is 2.21. The van der Waals surface area contributed by atoms with E-state index in [4.69, 9.17) is 5.11 Å². The fourth-order valence-electron chi connectivity index (χ4n) is 2.15. The third-order valence-electron chi connectivity index (χ3n) is 3.69. The van der Waals surface area contributed by atoms with Crippen LogP contribution in [0.15, 0.2) is 42.6 Å². The number of allylic oxidation sites excluding steroid dienone is 2. The maximum absolute atomic E-state index is 10.9. The van der Waals surface area contributed by atoms with Crippen LogP contribution in [0.3, 0.4) is 0 Å². The van der Waals surface area contributed by atoms with E-state index in [1.54, 1.807) is 35.6 Å². The number of thiazole rings is 1. The molecule has 122 valence electrons. The zero-order valence-electron chi connectivity index (χ0n) is 13.9. The Kier molecular flexibility index (Phi) is 5.21. The monoisotopic (exact) mass is 330 g/mol. The maximum Gasteiger partial charge on any atom is 0.335 e. The van der Waals surface area contributed by atoms with Crippen molar-refractivity contribution >= 4 is 28.1 Å². The number of nitrogens with zero attached hydrogens (tertiary/aromatic N) is 2. The van der Waals surface area contributed by atoms with Crippen LogP contribution in [0.25, 0.3) is 0 Å². The Morgan fingerprint density at radius 2 is 2.00 bits per heavy atom. The Balaban J connectivity index is 2.22. The Morgan fingerprint density at radius 3 is 2.57 bits per heavy atom. The molecule has 0 atom stereocenters. The lowest BCUT2D eigenvalue weighted by molar-refractivity contribution is 0.0697. The molecule has 0 saturated heterocycles. The Morgan fingerprint density at radius 1 is 1.35 bits per heavy atom. The number of carboxylic acids is 1. The number of benzene rings is 1. The first-order valence-corrected chi connectivity index (χ1v) is 8.38. The Bertz CT molecular complexity index is 702. The summed E-state index contributed by atoms with van der Waals surface area (Å²) in [4.78, 5) is 18.6. The van der Waals surface area contributed by atoms with Gasteiger partial charge in [-0.05, 0) is 30.7 Å². The van der Waals surface area contributed by atoms with Crippen molar-refractivity contribution in [1.82, 2.24) is 4.98 Å². The van der Waals surface area contributed by atoms with Gasteiger partial charge >= 0.3 is 5.97 Å². The van der Waals surface area contributed by atoms with E-state index < -0.39 is 5.97 Å². The van der Waals surface area contributed by atoms with Crippen LogP contribution in [0.2, 0.25) is 0 Å². The Hall–Kier alpha value is -2.14. The van der Waals surface area contributed by atoms with Crippen molar-refractivity contribution < 1.29 is 9.90 Å². The second-order valence-corrected chi connectivity index (χ2v) is 6.96. The average molecular weight is 330 g/mol. The van der Waals surface area contributed by atoms with E-state index in [1.165, 1.54) is 4.88 Å². The smallest absolute Gasteiger partial charge is 0.335 e. The molecule has 0 aliphatic carbocycles. The van der Waals surface area contributed by atoms with Crippen LogP contribution in [-0.4, -0.2) is 23.1 Å². The van der Waals surface area contributed by atoms with Crippen LogP contribution in [0.1, 0.15) is 42.4 Å². The van der Waals surface area contributed by atoms with E-state index in [0.29, 0.717) is 0 Å². The molecule has 0 unspecified atom stereocenters. The van der Waals surface area contributed by atoms with Crippen LogP contribution >= 0.6 is 11.3 Å². The molecule has 1 N–H and O–H groups in total. The van der Waals surface area contributed by atoms with E-state index in [0.717, 1.165) is 17.2 Å². The van der Waals surface area contributed by atoms with Gasteiger partial charge in [-0.2, -0.15) is 0 Å². The van der Waals surface area contributed by atoms with Crippen molar-refractivity contribution in [3.05, 3.63) is 53.1 Å². The third-order valence-corrected chi connectivity index (χ3v) is 5.10. The summed E-state index contributed by atoms with van der Waals surface area (Å²) in [6, 6.07) is 6.81. The highest BCUT2D eigenvalue weighted by atomic mass is 32.1. The Labute approximate surface area is 141 Å². The van der Waals surface area contributed by atoms with E-state index >= 15 is 0 Å². The molecule has 2 rings (SSSR count). The molecular formula is C18H22N2O2S. The standard InChI is InChI=1S/C18H22N2O2S/c1-5-6-11-18(2,3)15-12-19-17(23-15)20(4)14-9-7-13(8-10-14)16(21)22/h6-12H,5H2,1-4H3,(H,21,22)/b11-6-. The number of aromatic nitrogens is 1. The highest BCUT2D eigenvalue weighted by Crippen LogP contribution is 2.35. The van der Waals surface area contributed by atoms with Crippen molar-refractivity contribution in [3.8, 4) is 0 Å². The molecule has 0 radical (unpaired) electrons. The zero-order valence-corrected chi connectivity index (χ0v) is 14.7. The summed E-state index contributed by atoms with van der Waals surface area (Å²) in [6.07, 6.45) is 7.33. The average Bonchev–Trinajstić information content (AvgIpc) is 3.03. The summed E-state index contributed by atoms with van der Waals surface area (Å²) in [7, 11) is 1.94. The maximum atomic E-state index is 10.9. The van der Waals surface area contributed by atoms with Crippen molar-refractivity contribution in [2.75, 3.05) is 11.9 Å². The first kappa shape index (κ1) is 17.2. The van der Waals surface area contributed by atoms with Crippen LogP contribution in [0.5, 0.6) is 0 Å². The van der Waals surface area contributed by atoms with Gasteiger partial charge in [0.05, 0.1) is 5.56 Å². The van der Waals surface area contributed by atoms with Crippen LogP contribution in [-0.2, 0) is 5.41 Å². The minimum atomic E-state index is -0.916. The van der Waals surface area contributed by atoms with Gasteiger partial charge in [-0.3, -0.25) is 0 Å². The molecule has 0 aliphatic heterocycles. The molecular weight excluding hydrogens is 308 g/mol. The van der Waals surface area contributed by atoms with Gasteiger partial charge in [0.2, 0.25) is 0 Å². The van der Waals surface area contributed by atoms with E-state index in [2.05, 4.69) is 37.9 Å². The summed E-state index contributed by atoms with van der Waals surface area (Å²) in [5.41, 5.74) is 1.16. The van der Waals surface area contributed by atoms with Crippen molar-refractivity contribution in [3.63, 3.8) is 0 Å². The van der Waals surface area contributed by atoms with Gasteiger partial charge in [-0.15, -0.1) is 11.3 Å². The molecule has 0 amide bonds. The minimum Gasteiger partial charge on any atom is -0.478 e. The molecule has 0 spiro atoms. The van der Waals surface area contributed by atoms with Crippen LogP contribution in [0, 0.1) is 0 Å². The number of carboxylic acid groups (broad SMARTS) is 1. The second-order valence-electron chi connectivity index (χ2n) is 5.95. The number of hydrogen-bond donors (Lipinski definition) is 1. The van der Waals surface area contributed by atoms with Gasteiger partial charge in [-0.25, -0.2) is 9.78 Å². The van der Waals surface area contributed by atoms with Gasteiger partial charge in [0.15, 0.2) is 5.13 Å². The topological polar surface area (TPSA) is 53.4 Å². The molecule has 1 aromatic carbocycles. The number of hydrogen-bond acceptors (Lipinski definition) is 4. The molecule has 1 aromatic heterocycles. The largest absolute Gasteiger partial charge is 0.478 e. The number of aromatic carboxylic acids is 1. The van der Waals surface area contributed by atoms with Crippen molar-refractivity contribution in [2.45, 2.75) is 32.6 Å². The van der Waals surface area contributed by atoms with Gasteiger partial charge in [0.1, 0.15) is 0 Å². The molecule has 0 fully saturated rings. The summed E-state index contributed by atoms with van der Waals surface area (Å²) >= 11 is 1.65. The quantitative estimate of drug-likeness (QED) is 0.769. The lowest BCUT2D eigenvalue weighted by Gasteiger charge is -2.18. The van der Waals surface area contributed by atoms with E-state index in [1.807, 2.05) is 18.1 Å². The fourth-order valence-corrected chi connectivity index (χ4v) is 3.13. The lowest BCUT2D eigenvalue weighted by atomic mass is 9.91. The fraction of sp³-hybridized carbons (Fsp3) is 0.333. The molecule has 1 heterocycles. The van der Waals surface area contributed by atoms with Gasteiger partial charge in [-0.1, -0.05) is 32.9 Å². The summed E-state index contributed by atoms with van der Waals surface area (Å²) in [6.45, 7) is 6.48. The van der Waals surface area contributed by atoms with Crippen molar-refractivity contribution in [2.24, 2.45) is 0 Å².